The number of esters is 1. The molecule has 1 aliphatic heterocycles. The number of halogens is 2. The van der Waals surface area contributed by atoms with Crippen LogP contribution in [0.25, 0.3) is 10.9 Å². The second-order valence-electron chi connectivity index (χ2n) is 10.5. The monoisotopic (exact) mass is 554 g/mol. The SMILES string of the molecule is CCOC(=O)c1cn(C2CC2)c2c(OCC[C@H]3C[C@@H](C)CN3C(=O)OCc3ccccc3)c(F)c(F)cc2c1=O. The Morgan fingerprint density at radius 3 is 2.55 bits per heavy atom. The van der Waals surface area contributed by atoms with Gasteiger partial charge >= 0.3 is 12.1 Å². The van der Waals surface area contributed by atoms with Gasteiger partial charge in [-0.05, 0) is 43.7 Å². The topological polar surface area (TPSA) is 87.1 Å². The first kappa shape index (κ1) is 27.6. The first-order valence-electron chi connectivity index (χ1n) is 13.6. The molecule has 0 bridgehead atoms. The first-order chi connectivity index (χ1) is 19.3. The molecular formula is C30H32F2N2O6. The van der Waals surface area contributed by atoms with Crippen molar-refractivity contribution in [3.63, 3.8) is 0 Å². The third-order valence-electron chi connectivity index (χ3n) is 7.36. The molecule has 1 aromatic heterocycles. The number of amides is 1. The van der Waals surface area contributed by atoms with Crippen LogP contribution in [-0.4, -0.2) is 47.3 Å². The minimum Gasteiger partial charge on any atom is -0.488 e. The lowest BCUT2D eigenvalue weighted by atomic mass is 10.1. The smallest absolute Gasteiger partial charge is 0.410 e. The van der Waals surface area contributed by atoms with Crippen LogP contribution in [0.4, 0.5) is 13.6 Å². The zero-order chi connectivity index (χ0) is 28.4. The van der Waals surface area contributed by atoms with Crippen molar-refractivity contribution in [1.29, 1.82) is 0 Å². The van der Waals surface area contributed by atoms with Gasteiger partial charge in [0, 0.05) is 31.2 Å². The van der Waals surface area contributed by atoms with Gasteiger partial charge in [0.15, 0.2) is 11.6 Å². The molecule has 2 heterocycles. The molecule has 1 aliphatic carbocycles. The van der Waals surface area contributed by atoms with Crippen LogP contribution >= 0.6 is 0 Å². The van der Waals surface area contributed by atoms with E-state index >= 15 is 4.39 Å². The average molecular weight is 555 g/mol. The zero-order valence-corrected chi connectivity index (χ0v) is 22.5. The van der Waals surface area contributed by atoms with Crippen molar-refractivity contribution in [2.75, 3.05) is 19.8 Å². The standard InChI is InChI=1S/C30H32F2N2O6/c1-3-38-29(36)23-16-33(20-9-10-20)26-22(27(23)35)14-24(31)25(32)28(26)39-12-11-21-13-18(2)15-34(21)30(37)40-17-19-7-5-4-6-8-19/h4-8,14,16,18,20-21H,3,9-13,15,17H2,1-2H3/t18-,21+/m1/s1. The summed E-state index contributed by atoms with van der Waals surface area (Å²) in [6, 6.07) is 9.91. The molecule has 212 valence electrons. The van der Waals surface area contributed by atoms with Gasteiger partial charge < -0.3 is 23.7 Å². The molecule has 2 fully saturated rings. The minimum absolute atomic E-state index is 0.0200. The summed E-state index contributed by atoms with van der Waals surface area (Å²) in [7, 11) is 0. The van der Waals surface area contributed by atoms with Crippen LogP contribution in [0.5, 0.6) is 5.75 Å². The molecule has 0 unspecified atom stereocenters. The van der Waals surface area contributed by atoms with Gasteiger partial charge in [-0.2, -0.15) is 4.39 Å². The maximum atomic E-state index is 15.1. The van der Waals surface area contributed by atoms with Crippen molar-refractivity contribution in [2.24, 2.45) is 5.92 Å². The van der Waals surface area contributed by atoms with Crippen molar-refractivity contribution >= 4 is 23.0 Å². The van der Waals surface area contributed by atoms with Crippen LogP contribution in [0, 0.1) is 17.6 Å². The fourth-order valence-electron chi connectivity index (χ4n) is 5.30. The quantitative estimate of drug-likeness (QED) is 0.320. The molecule has 5 rings (SSSR count). The second kappa shape index (κ2) is 11.7. The van der Waals surface area contributed by atoms with E-state index in [-0.39, 0.29) is 60.0 Å². The highest BCUT2D eigenvalue weighted by molar-refractivity contribution is 5.95. The number of pyridine rings is 1. The minimum atomic E-state index is -1.25. The summed E-state index contributed by atoms with van der Waals surface area (Å²) in [5.74, 6) is -3.40. The van der Waals surface area contributed by atoms with Crippen LogP contribution in [0.2, 0.25) is 0 Å². The molecule has 0 spiro atoms. The van der Waals surface area contributed by atoms with Gasteiger partial charge in [-0.15, -0.1) is 0 Å². The van der Waals surface area contributed by atoms with Crippen molar-refractivity contribution < 1.29 is 32.6 Å². The predicted molar refractivity (Wildman–Crippen MR) is 143 cm³/mol. The normalized spacial score (nSPS) is 18.6. The number of fused-ring (bicyclic) bond motifs is 1. The molecule has 40 heavy (non-hydrogen) atoms. The number of aromatic nitrogens is 1. The lowest BCUT2D eigenvalue weighted by Gasteiger charge is -2.24. The number of carbonyl (C=O) groups excluding carboxylic acids is 2. The van der Waals surface area contributed by atoms with Crippen LogP contribution in [0.1, 0.15) is 61.5 Å². The Hall–Kier alpha value is -3.95. The summed E-state index contributed by atoms with van der Waals surface area (Å²) in [4.78, 5) is 40.1. The Morgan fingerprint density at radius 2 is 1.85 bits per heavy atom. The Balaban J connectivity index is 1.36. The lowest BCUT2D eigenvalue weighted by Crippen LogP contribution is -2.37. The molecule has 8 nitrogen and oxygen atoms in total. The van der Waals surface area contributed by atoms with Crippen LogP contribution in [-0.2, 0) is 16.1 Å². The highest BCUT2D eigenvalue weighted by Gasteiger charge is 2.35. The van der Waals surface area contributed by atoms with Crippen LogP contribution in [0.3, 0.4) is 0 Å². The van der Waals surface area contributed by atoms with E-state index in [0.717, 1.165) is 24.5 Å². The molecule has 1 saturated heterocycles. The van der Waals surface area contributed by atoms with Crippen LogP contribution < -0.4 is 10.2 Å². The molecule has 1 saturated carbocycles. The van der Waals surface area contributed by atoms with Gasteiger partial charge in [-0.1, -0.05) is 37.3 Å². The van der Waals surface area contributed by atoms with Gasteiger partial charge in [0.1, 0.15) is 12.2 Å². The zero-order valence-electron chi connectivity index (χ0n) is 22.5. The molecule has 2 aromatic carbocycles. The molecule has 0 N–H and O–H groups in total. The fraction of sp³-hybridized carbons (Fsp3) is 0.433. The first-order valence-corrected chi connectivity index (χ1v) is 13.6. The number of rotatable bonds is 9. The third-order valence-corrected chi connectivity index (χ3v) is 7.36. The summed E-state index contributed by atoms with van der Waals surface area (Å²) in [6.45, 7) is 4.38. The van der Waals surface area contributed by atoms with E-state index in [1.807, 2.05) is 37.3 Å². The molecule has 2 atom stereocenters. The molecule has 10 heteroatoms. The van der Waals surface area contributed by atoms with E-state index in [4.69, 9.17) is 14.2 Å². The largest absolute Gasteiger partial charge is 0.488 e. The summed E-state index contributed by atoms with van der Waals surface area (Å²) < 4.78 is 47.8. The van der Waals surface area contributed by atoms with Gasteiger partial charge in [-0.25, -0.2) is 14.0 Å². The van der Waals surface area contributed by atoms with E-state index in [1.165, 1.54) is 6.20 Å². The lowest BCUT2D eigenvalue weighted by molar-refractivity contribution is 0.0524. The van der Waals surface area contributed by atoms with Crippen molar-refractivity contribution in [2.45, 2.75) is 58.2 Å². The van der Waals surface area contributed by atoms with Gasteiger partial charge in [0.05, 0.1) is 24.1 Å². The Labute approximate surface area is 230 Å². The molecule has 2 aliphatic rings. The average Bonchev–Trinajstić information content (AvgIpc) is 3.72. The number of nitrogens with zero attached hydrogens (tertiary/aromatic N) is 2. The third kappa shape index (κ3) is 5.66. The number of hydrogen-bond donors (Lipinski definition) is 0. The van der Waals surface area contributed by atoms with E-state index in [2.05, 4.69) is 0 Å². The number of carbonyl (C=O) groups is 2. The Bertz CT molecular complexity index is 1470. The Kier molecular flexibility index (Phi) is 8.04. The highest BCUT2D eigenvalue weighted by atomic mass is 19.2. The highest BCUT2D eigenvalue weighted by Crippen LogP contribution is 2.41. The van der Waals surface area contributed by atoms with Gasteiger partial charge in [-0.3, -0.25) is 4.79 Å². The number of hydrogen-bond acceptors (Lipinski definition) is 6. The second-order valence-corrected chi connectivity index (χ2v) is 10.5. The number of likely N-dealkylation sites (tertiary alicyclic amines) is 1. The number of ether oxygens (including phenoxy) is 3. The van der Waals surface area contributed by atoms with E-state index in [9.17, 15) is 18.8 Å². The summed E-state index contributed by atoms with van der Waals surface area (Å²) >= 11 is 0. The molecule has 0 radical (unpaired) electrons. The van der Waals surface area contributed by atoms with E-state index in [1.54, 1.807) is 16.4 Å². The maximum Gasteiger partial charge on any atom is 0.410 e. The van der Waals surface area contributed by atoms with Crippen molar-refractivity contribution in [3.05, 3.63) is 75.6 Å². The van der Waals surface area contributed by atoms with E-state index in [0.29, 0.717) is 19.4 Å². The number of benzene rings is 2. The summed E-state index contributed by atoms with van der Waals surface area (Å²) in [6.07, 6.45) is 3.52. The summed E-state index contributed by atoms with van der Waals surface area (Å²) in [5, 5.41) is -0.146. The van der Waals surface area contributed by atoms with Crippen molar-refractivity contribution in [3.8, 4) is 5.75 Å². The molecule has 1 amide bonds. The van der Waals surface area contributed by atoms with E-state index < -0.39 is 29.1 Å². The summed E-state index contributed by atoms with van der Waals surface area (Å²) in [5.41, 5.74) is 0.0106. The molecule has 3 aromatic rings. The van der Waals surface area contributed by atoms with Gasteiger partial charge in [0.2, 0.25) is 11.2 Å². The van der Waals surface area contributed by atoms with Crippen LogP contribution in [0.15, 0.2) is 47.4 Å². The maximum absolute atomic E-state index is 15.1. The molecular weight excluding hydrogens is 522 g/mol. The predicted octanol–water partition coefficient (Wildman–Crippen LogP) is 5.61. The van der Waals surface area contributed by atoms with Gasteiger partial charge in [0.25, 0.3) is 0 Å². The fourth-order valence-corrected chi connectivity index (χ4v) is 5.30. The van der Waals surface area contributed by atoms with Crippen molar-refractivity contribution in [1.82, 2.24) is 9.47 Å². The Morgan fingerprint density at radius 1 is 1.10 bits per heavy atom.